The van der Waals surface area contributed by atoms with E-state index in [2.05, 4.69) is 22.4 Å². The van der Waals surface area contributed by atoms with Crippen LogP contribution >= 0.6 is 35.0 Å². The van der Waals surface area contributed by atoms with Crippen molar-refractivity contribution in [2.24, 2.45) is 4.99 Å². The van der Waals surface area contributed by atoms with Crippen molar-refractivity contribution in [3.63, 3.8) is 0 Å². The van der Waals surface area contributed by atoms with Crippen molar-refractivity contribution in [1.29, 1.82) is 0 Å². The highest BCUT2D eigenvalue weighted by atomic mass is 35.5. The lowest BCUT2D eigenvalue weighted by molar-refractivity contribution is 0.971. The highest BCUT2D eigenvalue weighted by molar-refractivity contribution is 8.13. The minimum Gasteiger partial charge on any atom is -0.335 e. The summed E-state index contributed by atoms with van der Waals surface area (Å²) in [6.07, 6.45) is 2.91. The number of nitrogens with one attached hydrogen (secondary N) is 1. The molecule has 2 aromatic rings. The van der Waals surface area contributed by atoms with Gasteiger partial charge in [0, 0.05) is 22.3 Å². The largest absolute Gasteiger partial charge is 0.335 e. The molecule has 0 bridgehead atoms. The summed E-state index contributed by atoms with van der Waals surface area (Å²) < 4.78 is 0. The third kappa shape index (κ3) is 5.62. The highest BCUT2D eigenvalue weighted by Gasteiger charge is 2.02. The molecule has 0 saturated carbocycles. The Bertz CT molecular complexity index is 595. The van der Waals surface area contributed by atoms with Gasteiger partial charge in [0.15, 0.2) is 5.17 Å². The van der Waals surface area contributed by atoms with E-state index < -0.39 is 0 Å². The predicted octanol–water partition coefficient (Wildman–Crippen LogP) is 5.37. The molecule has 0 heterocycles. The van der Waals surface area contributed by atoms with Gasteiger partial charge in [0.05, 0.1) is 0 Å². The molecule has 0 saturated heterocycles. The SMILES string of the molecule is CSC(=NCCc1ccccc1)Nc1cc(Cl)cc(Cl)c1. The minimum atomic E-state index is 0.606. The molecule has 0 amide bonds. The molecule has 0 fully saturated rings. The number of hydrogen-bond donors (Lipinski definition) is 1. The summed E-state index contributed by atoms with van der Waals surface area (Å²) in [5, 5.41) is 5.30. The van der Waals surface area contributed by atoms with E-state index >= 15 is 0 Å². The van der Waals surface area contributed by atoms with Crippen LogP contribution in [0.1, 0.15) is 5.56 Å². The van der Waals surface area contributed by atoms with Crippen LogP contribution in [0.25, 0.3) is 0 Å². The van der Waals surface area contributed by atoms with Gasteiger partial charge in [0.2, 0.25) is 0 Å². The Labute approximate surface area is 139 Å². The van der Waals surface area contributed by atoms with Crippen LogP contribution in [0.15, 0.2) is 53.5 Å². The standard InChI is InChI=1S/C16H16Cl2N2S/c1-21-16(19-8-7-12-5-3-2-4-6-12)20-15-10-13(17)9-14(18)11-15/h2-6,9-11H,7-8H2,1H3,(H,19,20). The van der Waals surface area contributed by atoms with Crippen LogP contribution in [0.3, 0.4) is 0 Å². The van der Waals surface area contributed by atoms with Crippen molar-refractivity contribution in [2.45, 2.75) is 6.42 Å². The van der Waals surface area contributed by atoms with Gasteiger partial charge in [-0.15, -0.1) is 0 Å². The minimum absolute atomic E-state index is 0.606. The topological polar surface area (TPSA) is 24.4 Å². The van der Waals surface area contributed by atoms with Gasteiger partial charge in [-0.1, -0.05) is 65.3 Å². The van der Waals surface area contributed by atoms with Gasteiger partial charge in [-0.2, -0.15) is 0 Å². The maximum absolute atomic E-state index is 5.99. The summed E-state index contributed by atoms with van der Waals surface area (Å²) in [5.41, 5.74) is 2.13. The van der Waals surface area contributed by atoms with E-state index in [4.69, 9.17) is 23.2 Å². The molecule has 0 radical (unpaired) electrons. The van der Waals surface area contributed by atoms with Crippen LogP contribution in [-0.2, 0) is 6.42 Å². The highest BCUT2D eigenvalue weighted by Crippen LogP contribution is 2.23. The molecular formula is C16H16Cl2N2S. The summed E-state index contributed by atoms with van der Waals surface area (Å²) in [6.45, 7) is 0.738. The lowest BCUT2D eigenvalue weighted by Crippen LogP contribution is -2.08. The number of anilines is 1. The Morgan fingerprint density at radius 2 is 1.76 bits per heavy atom. The molecule has 0 spiro atoms. The Balaban J connectivity index is 1.97. The Hall–Kier alpha value is -1.16. The van der Waals surface area contributed by atoms with E-state index in [1.165, 1.54) is 5.56 Å². The van der Waals surface area contributed by atoms with Crippen molar-refractivity contribution < 1.29 is 0 Å². The van der Waals surface area contributed by atoms with Crippen molar-refractivity contribution in [1.82, 2.24) is 0 Å². The van der Waals surface area contributed by atoms with E-state index in [0.29, 0.717) is 10.0 Å². The number of aliphatic imine (C=N–C) groups is 1. The normalized spacial score (nSPS) is 11.5. The summed E-state index contributed by atoms with van der Waals surface area (Å²) in [5.74, 6) is 0. The zero-order valence-corrected chi connectivity index (χ0v) is 14.0. The van der Waals surface area contributed by atoms with Crippen molar-refractivity contribution >= 4 is 45.8 Å². The molecule has 0 aromatic heterocycles. The van der Waals surface area contributed by atoms with Crippen molar-refractivity contribution in [3.8, 4) is 0 Å². The summed E-state index contributed by atoms with van der Waals surface area (Å²) in [4.78, 5) is 4.57. The van der Waals surface area contributed by atoms with E-state index in [0.717, 1.165) is 23.8 Å². The van der Waals surface area contributed by atoms with Crippen LogP contribution < -0.4 is 5.32 Å². The molecule has 1 N–H and O–H groups in total. The maximum atomic E-state index is 5.99. The predicted molar refractivity (Wildman–Crippen MR) is 96.0 cm³/mol. The molecule has 2 aromatic carbocycles. The Morgan fingerprint density at radius 1 is 1.10 bits per heavy atom. The molecular weight excluding hydrogens is 323 g/mol. The number of thioether (sulfide) groups is 1. The molecule has 0 atom stereocenters. The molecule has 21 heavy (non-hydrogen) atoms. The Kier molecular flexibility index (Phi) is 6.43. The summed E-state index contributed by atoms with van der Waals surface area (Å²) >= 11 is 13.5. The van der Waals surface area contributed by atoms with E-state index in [1.807, 2.05) is 36.6 Å². The third-order valence-corrected chi connectivity index (χ3v) is 3.86. The van der Waals surface area contributed by atoms with E-state index in [1.54, 1.807) is 17.8 Å². The number of rotatable bonds is 4. The first-order valence-electron chi connectivity index (χ1n) is 6.53. The van der Waals surface area contributed by atoms with E-state index in [-0.39, 0.29) is 0 Å². The number of amidine groups is 1. The average molecular weight is 339 g/mol. The fourth-order valence-electron chi connectivity index (χ4n) is 1.84. The number of hydrogen-bond acceptors (Lipinski definition) is 2. The van der Waals surface area contributed by atoms with Crippen molar-refractivity contribution in [3.05, 3.63) is 64.1 Å². The second-order valence-electron chi connectivity index (χ2n) is 4.41. The molecule has 0 aliphatic heterocycles. The average Bonchev–Trinajstić information content (AvgIpc) is 2.46. The molecule has 0 aliphatic rings. The smallest absolute Gasteiger partial charge is 0.160 e. The van der Waals surface area contributed by atoms with Gasteiger partial charge in [-0.05, 0) is 36.4 Å². The second kappa shape index (κ2) is 8.32. The first-order chi connectivity index (χ1) is 10.2. The monoisotopic (exact) mass is 338 g/mol. The fraction of sp³-hybridized carbons (Fsp3) is 0.188. The Morgan fingerprint density at radius 3 is 2.38 bits per heavy atom. The van der Waals surface area contributed by atoms with Gasteiger partial charge >= 0.3 is 0 Å². The quantitative estimate of drug-likeness (QED) is 0.598. The summed E-state index contributed by atoms with van der Waals surface area (Å²) in [6, 6.07) is 15.7. The maximum Gasteiger partial charge on any atom is 0.160 e. The zero-order valence-electron chi connectivity index (χ0n) is 11.6. The number of benzene rings is 2. The molecule has 5 heteroatoms. The number of nitrogens with zero attached hydrogens (tertiary/aromatic N) is 1. The van der Waals surface area contributed by atoms with Crippen LogP contribution in [0.2, 0.25) is 10.0 Å². The lowest BCUT2D eigenvalue weighted by Gasteiger charge is -2.08. The van der Waals surface area contributed by atoms with Gasteiger partial charge in [0.25, 0.3) is 0 Å². The molecule has 2 rings (SSSR count). The van der Waals surface area contributed by atoms with Crippen molar-refractivity contribution in [2.75, 3.05) is 18.1 Å². The first-order valence-corrected chi connectivity index (χ1v) is 8.51. The first kappa shape index (κ1) is 16.2. The van der Waals surface area contributed by atoms with Gasteiger partial charge in [-0.25, -0.2) is 0 Å². The van der Waals surface area contributed by atoms with Crippen LogP contribution in [0.5, 0.6) is 0 Å². The molecule has 0 unspecified atom stereocenters. The van der Waals surface area contributed by atoms with Gasteiger partial charge < -0.3 is 5.32 Å². The second-order valence-corrected chi connectivity index (χ2v) is 6.08. The van der Waals surface area contributed by atoms with Gasteiger partial charge in [-0.3, -0.25) is 4.99 Å². The summed E-state index contributed by atoms with van der Waals surface area (Å²) in [7, 11) is 0. The van der Waals surface area contributed by atoms with Crippen LogP contribution in [0, 0.1) is 0 Å². The zero-order chi connectivity index (χ0) is 15.1. The fourth-order valence-corrected chi connectivity index (χ4v) is 2.80. The van der Waals surface area contributed by atoms with Crippen LogP contribution in [-0.4, -0.2) is 18.0 Å². The van der Waals surface area contributed by atoms with Gasteiger partial charge in [0.1, 0.15) is 0 Å². The van der Waals surface area contributed by atoms with Crippen LogP contribution in [0.4, 0.5) is 5.69 Å². The number of halogens is 2. The third-order valence-electron chi connectivity index (χ3n) is 2.81. The molecule has 110 valence electrons. The molecule has 0 aliphatic carbocycles. The lowest BCUT2D eigenvalue weighted by atomic mass is 10.2. The van der Waals surface area contributed by atoms with E-state index in [9.17, 15) is 0 Å². The molecule has 2 nitrogen and oxygen atoms in total.